The second-order valence-corrected chi connectivity index (χ2v) is 4.44. The molecule has 0 aromatic rings. The van der Waals surface area contributed by atoms with Crippen LogP contribution in [-0.4, -0.2) is 40.9 Å². The molecule has 0 aromatic heterocycles. The Hall–Kier alpha value is -1.62. The van der Waals surface area contributed by atoms with Gasteiger partial charge in [0.15, 0.2) is 5.66 Å². The molecule has 0 unspecified atom stereocenters. The van der Waals surface area contributed by atoms with Gasteiger partial charge in [0.1, 0.15) is 0 Å². The summed E-state index contributed by atoms with van der Waals surface area (Å²) >= 11 is 0. The fourth-order valence-electron chi connectivity index (χ4n) is 2.88. The van der Waals surface area contributed by atoms with Crippen LogP contribution in [0, 0.1) is 0 Å². The van der Waals surface area contributed by atoms with Crippen molar-refractivity contribution in [1.29, 1.82) is 0 Å². The highest BCUT2D eigenvalue weighted by molar-refractivity contribution is 5.34. The fraction of sp³-hybridized carbons (Fsp3) is 0.455. The summed E-state index contributed by atoms with van der Waals surface area (Å²) in [4.78, 5) is 2.15. The molecule has 3 atom stereocenters. The molecule has 0 aromatic carbocycles. The van der Waals surface area contributed by atoms with Crippen LogP contribution in [0.25, 0.3) is 0 Å². The first-order valence-corrected chi connectivity index (χ1v) is 5.42. The molecule has 0 amide bonds. The van der Waals surface area contributed by atoms with Crippen LogP contribution in [0.3, 0.4) is 0 Å². The number of aliphatic hydroxyl groups is 1. The van der Waals surface area contributed by atoms with Crippen molar-refractivity contribution in [2.24, 2.45) is 0 Å². The zero-order valence-corrected chi connectivity index (χ0v) is 9.03. The van der Waals surface area contributed by atoms with E-state index < -0.39 is 0 Å². The second kappa shape index (κ2) is 2.95. The highest BCUT2D eigenvalue weighted by Gasteiger charge is 2.55. The molecule has 0 aliphatic carbocycles. The first kappa shape index (κ1) is 9.59. The van der Waals surface area contributed by atoms with Gasteiger partial charge in [0, 0.05) is 6.54 Å². The average Bonchev–Trinajstić information content (AvgIpc) is 2.80. The molecule has 2 saturated heterocycles. The van der Waals surface area contributed by atoms with Crippen LogP contribution < -0.4 is 16.0 Å². The van der Waals surface area contributed by atoms with Gasteiger partial charge in [0.05, 0.1) is 30.3 Å². The van der Waals surface area contributed by atoms with Gasteiger partial charge in [-0.1, -0.05) is 19.2 Å². The van der Waals surface area contributed by atoms with Crippen LogP contribution in [0.2, 0.25) is 0 Å². The number of hydrogen-bond acceptors (Lipinski definition) is 5. The third-order valence-corrected chi connectivity index (χ3v) is 3.54. The SMILES string of the molecule is C=C1N[C@H]2[C@H](CO)NC(=C)N3CC=C[C@]23N1. The molecule has 1 spiro atoms. The molecule has 86 valence electrons. The number of hydrogen-bond donors (Lipinski definition) is 4. The standard InChI is InChI=1S/C11H16N4O/c1-7-12-10-9(6-16)13-8(2)15-5-3-4-11(10,15)14-7/h3-4,9-10,12-14,16H,1-2,5-6H2/t9-,10-,11+/m0/s1. The summed E-state index contributed by atoms with van der Waals surface area (Å²) in [5, 5.41) is 19.3. The molecule has 4 N–H and O–H groups in total. The smallest absolute Gasteiger partial charge is 0.155 e. The van der Waals surface area contributed by atoms with Gasteiger partial charge in [-0.3, -0.25) is 0 Å². The van der Waals surface area contributed by atoms with E-state index in [0.717, 1.165) is 18.2 Å². The van der Waals surface area contributed by atoms with E-state index in [1.807, 2.05) is 0 Å². The van der Waals surface area contributed by atoms with Gasteiger partial charge in [0.2, 0.25) is 0 Å². The van der Waals surface area contributed by atoms with Gasteiger partial charge >= 0.3 is 0 Å². The molecule has 3 aliphatic rings. The van der Waals surface area contributed by atoms with E-state index in [4.69, 9.17) is 0 Å². The van der Waals surface area contributed by atoms with Gasteiger partial charge in [-0.2, -0.15) is 0 Å². The maximum Gasteiger partial charge on any atom is 0.155 e. The Labute approximate surface area is 94.5 Å². The number of nitrogens with one attached hydrogen (secondary N) is 3. The van der Waals surface area contributed by atoms with E-state index in [-0.39, 0.29) is 24.4 Å². The molecule has 3 heterocycles. The number of nitrogens with zero attached hydrogens (tertiary/aromatic N) is 1. The molecule has 16 heavy (non-hydrogen) atoms. The summed E-state index contributed by atoms with van der Waals surface area (Å²) in [6, 6.07) is 0.00694. The highest BCUT2D eigenvalue weighted by Crippen LogP contribution is 2.36. The maximum absolute atomic E-state index is 9.42. The van der Waals surface area contributed by atoms with Crippen LogP contribution in [0.4, 0.5) is 0 Å². The first-order valence-electron chi connectivity index (χ1n) is 5.42. The third-order valence-electron chi connectivity index (χ3n) is 3.54. The van der Waals surface area contributed by atoms with Crippen molar-refractivity contribution in [1.82, 2.24) is 20.9 Å². The average molecular weight is 220 g/mol. The predicted molar refractivity (Wildman–Crippen MR) is 60.9 cm³/mol. The zero-order valence-electron chi connectivity index (χ0n) is 9.03. The minimum atomic E-state index is -0.313. The first-order chi connectivity index (χ1) is 7.67. The lowest BCUT2D eigenvalue weighted by molar-refractivity contribution is 0.0760. The maximum atomic E-state index is 9.42. The van der Waals surface area contributed by atoms with E-state index in [1.165, 1.54) is 0 Å². The van der Waals surface area contributed by atoms with Gasteiger partial charge in [-0.25, -0.2) is 0 Å². The van der Waals surface area contributed by atoms with Gasteiger partial charge in [0.25, 0.3) is 0 Å². The quantitative estimate of drug-likeness (QED) is 0.428. The minimum absolute atomic E-state index is 0.0572. The molecular weight excluding hydrogens is 204 g/mol. The zero-order chi connectivity index (χ0) is 11.3. The summed E-state index contributed by atoms with van der Waals surface area (Å²) in [7, 11) is 0. The van der Waals surface area contributed by atoms with Gasteiger partial charge in [-0.05, 0) is 6.08 Å². The molecule has 0 saturated carbocycles. The molecule has 2 fully saturated rings. The molecule has 5 nitrogen and oxygen atoms in total. The molecule has 0 radical (unpaired) electrons. The summed E-state index contributed by atoms with van der Waals surface area (Å²) in [5.41, 5.74) is -0.313. The van der Waals surface area contributed by atoms with E-state index >= 15 is 0 Å². The minimum Gasteiger partial charge on any atom is -0.394 e. The summed E-state index contributed by atoms with van der Waals surface area (Å²) in [6.45, 7) is 8.79. The Morgan fingerprint density at radius 1 is 1.50 bits per heavy atom. The van der Waals surface area contributed by atoms with Crippen molar-refractivity contribution in [3.8, 4) is 0 Å². The monoisotopic (exact) mass is 220 g/mol. The topological polar surface area (TPSA) is 59.6 Å². The lowest BCUT2D eigenvalue weighted by Crippen LogP contribution is -2.70. The second-order valence-electron chi connectivity index (χ2n) is 4.44. The third kappa shape index (κ3) is 0.983. The Morgan fingerprint density at radius 2 is 2.31 bits per heavy atom. The van der Waals surface area contributed by atoms with Crippen molar-refractivity contribution in [3.63, 3.8) is 0 Å². The van der Waals surface area contributed by atoms with E-state index in [9.17, 15) is 5.11 Å². The van der Waals surface area contributed by atoms with Crippen LogP contribution in [0.15, 0.2) is 37.0 Å². The van der Waals surface area contributed by atoms with Crippen molar-refractivity contribution in [2.75, 3.05) is 13.2 Å². The Morgan fingerprint density at radius 3 is 3.06 bits per heavy atom. The van der Waals surface area contributed by atoms with E-state index in [1.54, 1.807) is 0 Å². The Balaban J connectivity index is 2.04. The molecule has 3 aliphatic heterocycles. The van der Waals surface area contributed by atoms with Gasteiger partial charge < -0.3 is 26.0 Å². The fourth-order valence-corrected chi connectivity index (χ4v) is 2.88. The lowest BCUT2D eigenvalue weighted by Gasteiger charge is -2.48. The van der Waals surface area contributed by atoms with Gasteiger partial charge in [-0.15, -0.1) is 0 Å². The van der Waals surface area contributed by atoms with E-state index in [0.29, 0.717) is 0 Å². The Bertz CT molecular complexity index is 391. The normalized spacial score (nSPS) is 39.9. The van der Waals surface area contributed by atoms with Crippen LogP contribution in [-0.2, 0) is 0 Å². The van der Waals surface area contributed by atoms with Crippen molar-refractivity contribution >= 4 is 0 Å². The lowest BCUT2D eigenvalue weighted by atomic mass is 9.92. The number of rotatable bonds is 1. The van der Waals surface area contributed by atoms with Crippen LogP contribution in [0.5, 0.6) is 0 Å². The number of aliphatic hydroxyl groups excluding tert-OH is 1. The largest absolute Gasteiger partial charge is 0.394 e. The van der Waals surface area contributed by atoms with Crippen LogP contribution >= 0.6 is 0 Å². The Kier molecular flexibility index (Phi) is 1.77. The molecule has 0 bridgehead atoms. The summed E-state index contributed by atoms with van der Waals surface area (Å²) in [6.07, 6.45) is 4.23. The molecule has 3 rings (SSSR count). The highest BCUT2D eigenvalue weighted by atomic mass is 16.3. The molecular formula is C11H16N4O. The van der Waals surface area contributed by atoms with Crippen molar-refractivity contribution in [2.45, 2.75) is 17.7 Å². The van der Waals surface area contributed by atoms with Crippen molar-refractivity contribution in [3.05, 3.63) is 37.0 Å². The summed E-state index contributed by atoms with van der Waals surface area (Å²) < 4.78 is 0. The molecule has 5 heteroatoms. The summed E-state index contributed by atoms with van der Waals surface area (Å²) in [5.74, 6) is 1.63. The van der Waals surface area contributed by atoms with E-state index in [2.05, 4.69) is 46.2 Å². The predicted octanol–water partition coefficient (Wildman–Crippen LogP) is -0.978. The van der Waals surface area contributed by atoms with Crippen LogP contribution in [0.1, 0.15) is 0 Å². The van der Waals surface area contributed by atoms with Crippen molar-refractivity contribution < 1.29 is 5.11 Å².